The van der Waals surface area contributed by atoms with Gasteiger partial charge in [-0.15, -0.1) is 0 Å². The second kappa shape index (κ2) is 4.14. The zero-order valence-electron chi connectivity index (χ0n) is 8.52. The quantitative estimate of drug-likeness (QED) is 0.811. The number of ether oxygens (including phenoxy) is 1. The molecule has 1 saturated heterocycles. The largest absolute Gasteiger partial charge is 0.493 e. The molecule has 0 radical (unpaired) electrons. The van der Waals surface area contributed by atoms with Crippen molar-refractivity contribution in [2.24, 2.45) is 0 Å². The van der Waals surface area contributed by atoms with Crippen LogP contribution in [0.4, 0.5) is 8.78 Å². The average Bonchev–Trinajstić information content (AvgIpc) is 2.74. The molecule has 2 nitrogen and oxygen atoms in total. The molecule has 4 heteroatoms. The van der Waals surface area contributed by atoms with E-state index in [2.05, 4.69) is 5.32 Å². The van der Waals surface area contributed by atoms with E-state index in [1.807, 2.05) is 0 Å². The third-order valence-electron chi connectivity index (χ3n) is 2.77. The Labute approximate surface area is 87.2 Å². The molecule has 1 aromatic rings. The lowest BCUT2D eigenvalue weighted by Gasteiger charge is -2.15. The summed E-state index contributed by atoms with van der Waals surface area (Å²) in [6, 6.07) is 2.26. The van der Waals surface area contributed by atoms with Crippen LogP contribution in [0.25, 0.3) is 0 Å². The fraction of sp³-hybridized carbons (Fsp3) is 0.455. The Morgan fingerprint density at radius 3 is 2.67 bits per heavy atom. The molecule has 1 N–H and O–H groups in total. The predicted molar refractivity (Wildman–Crippen MR) is 53.1 cm³/mol. The molecule has 1 aliphatic heterocycles. The maximum atomic E-state index is 13.6. The Kier molecular flexibility index (Phi) is 2.86. The standard InChI is InChI=1S/C11H13F2NO/c1-15-11-9(13)3-2-8(12)10(11)7-4-5-14-6-7/h2-3,7,14H,4-6H2,1H3. The highest BCUT2D eigenvalue weighted by atomic mass is 19.1. The van der Waals surface area contributed by atoms with E-state index in [4.69, 9.17) is 4.74 Å². The molecule has 2 rings (SSSR count). The van der Waals surface area contributed by atoms with Gasteiger partial charge in [0.1, 0.15) is 5.82 Å². The smallest absolute Gasteiger partial charge is 0.165 e. The van der Waals surface area contributed by atoms with Crippen LogP contribution >= 0.6 is 0 Å². The fourth-order valence-electron chi connectivity index (χ4n) is 2.04. The van der Waals surface area contributed by atoms with E-state index < -0.39 is 5.82 Å². The van der Waals surface area contributed by atoms with Gasteiger partial charge in [0, 0.05) is 18.0 Å². The summed E-state index contributed by atoms with van der Waals surface area (Å²) in [5, 5.41) is 3.12. The first kappa shape index (κ1) is 10.4. The van der Waals surface area contributed by atoms with Gasteiger partial charge in [0.15, 0.2) is 11.6 Å². The van der Waals surface area contributed by atoms with Crippen LogP contribution < -0.4 is 10.1 Å². The first-order valence-corrected chi connectivity index (χ1v) is 4.96. The van der Waals surface area contributed by atoms with Gasteiger partial charge in [-0.25, -0.2) is 8.78 Å². The molecule has 1 aliphatic rings. The molecule has 1 unspecified atom stereocenters. The van der Waals surface area contributed by atoms with Crippen LogP contribution in [0.3, 0.4) is 0 Å². The van der Waals surface area contributed by atoms with E-state index in [9.17, 15) is 8.78 Å². The van der Waals surface area contributed by atoms with Gasteiger partial charge in [0.25, 0.3) is 0 Å². The second-order valence-corrected chi connectivity index (χ2v) is 3.67. The summed E-state index contributed by atoms with van der Waals surface area (Å²) in [6.07, 6.45) is 0.816. The maximum Gasteiger partial charge on any atom is 0.165 e. The Hall–Kier alpha value is -1.16. The molecule has 1 atom stereocenters. The lowest BCUT2D eigenvalue weighted by molar-refractivity contribution is 0.372. The Morgan fingerprint density at radius 2 is 2.07 bits per heavy atom. The van der Waals surface area contributed by atoms with E-state index >= 15 is 0 Å². The normalized spacial score (nSPS) is 20.6. The first-order chi connectivity index (χ1) is 7.24. The third-order valence-corrected chi connectivity index (χ3v) is 2.77. The molecule has 0 spiro atoms. The van der Waals surface area contributed by atoms with Gasteiger partial charge in [0.05, 0.1) is 7.11 Å². The van der Waals surface area contributed by atoms with Crippen molar-refractivity contribution in [2.75, 3.05) is 20.2 Å². The molecule has 1 heterocycles. The Morgan fingerprint density at radius 1 is 1.33 bits per heavy atom. The summed E-state index contributed by atoms with van der Waals surface area (Å²) in [6.45, 7) is 1.51. The van der Waals surface area contributed by atoms with Gasteiger partial charge >= 0.3 is 0 Å². The van der Waals surface area contributed by atoms with Crippen molar-refractivity contribution in [3.8, 4) is 5.75 Å². The number of rotatable bonds is 2. The minimum atomic E-state index is -0.499. The molecule has 0 aromatic heterocycles. The van der Waals surface area contributed by atoms with Crippen LogP contribution in [-0.2, 0) is 0 Å². The number of methoxy groups -OCH3 is 1. The molecular weight excluding hydrogens is 200 g/mol. The van der Waals surface area contributed by atoms with Gasteiger partial charge in [-0.3, -0.25) is 0 Å². The van der Waals surface area contributed by atoms with Crippen LogP contribution in [0.15, 0.2) is 12.1 Å². The summed E-state index contributed by atoms with van der Waals surface area (Å²) in [5.74, 6) is -0.831. The lowest BCUT2D eigenvalue weighted by atomic mass is 9.96. The van der Waals surface area contributed by atoms with E-state index in [1.54, 1.807) is 0 Å². The molecule has 0 amide bonds. The lowest BCUT2D eigenvalue weighted by Crippen LogP contribution is -2.10. The van der Waals surface area contributed by atoms with Crippen molar-refractivity contribution in [2.45, 2.75) is 12.3 Å². The van der Waals surface area contributed by atoms with Crippen LogP contribution in [0.1, 0.15) is 17.9 Å². The maximum absolute atomic E-state index is 13.6. The number of hydrogen-bond acceptors (Lipinski definition) is 2. The third kappa shape index (κ3) is 1.81. The van der Waals surface area contributed by atoms with Crippen molar-refractivity contribution < 1.29 is 13.5 Å². The van der Waals surface area contributed by atoms with Crippen molar-refractivity contribution in [1.82, 2.24) is 5.32 Å². The van der Waals surface area contributed by atoms with Gasteiger partial charge in [-0.05, 0) is 25.1 Å². The zero-order chi connectivity index (χ0) is 10.8. The summed E-state index contributed by atoms with van der Waals surface area (Å²) >= 11 is 0. The summed E-state index contributed by atoms with van der Waals surface area (Å²) in [7, 11) is 1.36. The molecule has 82 valence electrons. The predicted octanol–water partition coefficient (Wildman–Crippen LogP) is 2.05. The van der Waals surface area contributed by atoms with Gasteiger partial charge in [0.2, 0.25) is 0 Å². The minimum absolute atomic E-state index is 0.00986. The monoisotopic (exact) mass is 213 g/mol. The highest BCUT2D eigenvalue weighted by molar-refractivity contribution is 5.39. The Balaban J connectivity index is 2.46. The molecule has 1 fully saturated rings. The zero-order valence-corrected chi connectivity index (χ0v) is 8.52. The highest BCUT2D eigenvalue weighted by Crippen LogP contribution is 2.34. The van der Waals surface area contributed by atoms with E-state index in [0.29, 0.717) is 12.1 Å². The molecule has 0 bridgehead atoms. The van der Waals surface area contributed by atoms with Crippen LogP contribution in [0, 0.1) is 11.6 Å². The van der Waals surface area contributed by atoms with E-state index in [-0.39, 0.29) is 17.5 Å². The number of halogens is 2. The minimum Gasteiger partial charge on any atom is -0.493 e. The molecule has 15 heavy (non-hydrogen) atoms. The number of nitrogens with one attached hydrogen (secondary N) is 1. The highest BCUT2D eigenvalue weighted by Gasteiger charge is 2.25. The van der Waals surface area contributed by atoms with E-state index in [1.165, 1.54) is 7.11 Å². The summed E-state index contributed by atoms with van der Waals surface area (Å²) < 4.78 is 31.9. The number of hydrogen-bond donors (Lipinski definition) is 1. The fourth-order valence-corrected chi connectivity index (χ4v) is 2.04. The van der Waals surface area contributed by atoms with Crippen molar-refractivity contribution >= 4 is 0 Å². The topological polar surface area (TPSA) is 21.3 Å². The molecular formula is C11H13F2NO. The molecule has 0 saturated carbocycles. The van der Waals surface area contributed by atoms with Gasteiger partial charge < -0.3 is 10.1 Å². The van der Waals surface area contributed by atoms with Crippen molar-refractivity contribution in [3.63, 3.8) is 0 Å². The van der Waals surface area contributed by atoms with E-state index in [0.717, 1.165) is 25.1 Å². The van der Waals surface area contributed by atoms with Crippen molar-refractivity contribution in [1.29, 1.82) is 0 Å². The van der Waals surface area contributed by atoms with Crippen molar-refractivity contribution in [3.05, 3.63) is 29.3 Å². The SMILES string of the molecule is COc1c(F)ccc(F)c1C1CCNC1. The van der Waals surface area contributed by atoms with Gasteiger partial charge in [-0.2, -0.15) is 0 Å². The Bertz CT molecular complexity index is 362. The molecule has 1 aromatic carbocycles. The van der Waals surface area contributed by atoms with Crippen LogP contribution in [-0.4, -0.2) is 20.2 Å². The second-order valence-electron chi connectivity index (χ2n) is 3.67. The average molecular weight is 213 g/mol. The summed E-state index contributed by atoms with van der Waals surface area (Å²) in [5.41, 5.74) is 0.363. The van der Waals surface area contributed by atoms with Crippen LogP contribution in [0.5, 0.6) is 5.75 Å². The molecule has 0 aliphatic carbocycles. The van der Waals surface area contributed by atoms with Gasteiger partial charge in [-0.1, -0.05) is 0 Å². The number of benzene rings is 1. The van der Waals surface area contributed by atoms with Crippen LogP contribution in [0.2, 0.25) is 0 Å². The summed E-state index contributed by atoms with van der Waals surface area (Å²) in [4.78, 5) is 0. The first-order valence-electron chi connectivity index (χ1n) is 4.96.